The Bertz CT molecular complexity index is 833. The number of carbonyl (C=O) groups is 1. The summed E-state index contributed by atoms with van der Waals surface area (Å²) in [7, 11) is 0. The number of thiazole rings is 1. The van der Waals surface area contributed by atoms with Gasteiger partial charge in [0.1, 0.15) is 0 Å². The predicted molar refractivity (Wildman–Crippen MR) is 116 cm³/mol. The molecule has 28 heavy (non-hydrogen) atoms. The largest absolute Gasteiger partial charge is 0.336 e. The molecule has 0 N–H and O–H groups in total. The van der Waals surface area contributed by atoms with E-state index in [1.807, 2.05) is 5.38 Å². The Labute approximate surface area is 174 Å². The van der Waals surface area contributed by atoms with Crippen LogP contribution < -0.4 is 5.56 Å². The quantitative estimate of drug-likeness (QED) is 0.693. The summed E-state index contributed by atoms with van der Waals surface area (Å²) in [4.78, 5) is 32.9. The van der Waals surface area contributed by atoms with Crippen LogP contribution in [0, 0.1) is 0 Å². The molecule has 2 aliphatic rings. The number of thioether (sulfide) groups is 1. The van der Waals surface area contributed by atoms with Crippen LogP contribution in [-0.4, -0.2) is 38.0 Å². The first-order chi connectivity index (χ1) is 13.7. The van der Waals surface area contributed by atoms with Crippen molar-refractivity contribution >= 4 is 34.0 Å². The maximum absolute atomic E-state index is 13.2. The van der Waals surface area contributed by atoms with E-state index in [0.29, 0.717) is 23.6 Å². The fourth-order valence-electron chi connectivity index (χ4n) is 4.70. The van der Waals surface area contributed by atoms with Crippen LogP contribution in [0.25, 0.3) is 4.96 Å². The minimum Gasteiger partial charge on any atom is -0.336 e. The number of fused-ring (bicyclic) bond motifs is 1. The van der Waals surface area contributed by atoms with Crippen molar-refractivity contribution in [1.29, 1.82) is 0 Å². The molecule has 0 unspecified atom stereocenters. The third-order valence-corrected chi connectivity index (χ3v) is 7.76. The van der Waals surface area contributed by atoms with Crippen LogP contribution in [0.15, 0.2) is 22.4 Å². The van der Waals surface area contributed by atoms with Crippen LogP contribution in [-0.2, 0) is 10.5 Å². The van der Waals surface area contributed by atoms with Crippen molar-refractivity contribution in [3.05, 3.63) is 33.7 Å². The van der Waals surface area contributed by atoms with Gasteiger partial charge in [0.05, 0.1) is 11.4 Å². The Balaban J connectivity index is 1.39. The number of rotatable bonds is 6. The molecule has 2 aromatic heterocycles. The SMILES string of the molecule is O=C(CSCc1cc(=O)n2ccsc2n1)N(C1CCCCC1)C1CCCCC1. The van der Waals surface area contributed by atoms with Gasteiger partial charge < -0.3 is 4.90 Å². The van der Waals surface area contributed by atoms with Gasteiger partial charge in [0.25, 0.3) is 5.56 Å². The maximum atomic E-state index is 13.2. The van der Waals surface area contributed by atoms with Gasteiger partial charge in [0.15, 0.2) is 4.96 Å². The smallest absolute Gasteiger partial charge is 0.258 e. The van der Waals surface area contributed by atoms with Crippen molar-refractivity contribution in [2.75, 3.05) is 5.75 Å². The normalized spacial score (nSPS) is 19.1. The lowest BCUT2D eigenvalue weighted by Crippen LogP contribution is -2.49. The highest BCUT2D eigenvalue weighted by atomic mass is 32.2. The molecule has 0 aliphatic heterocycles. The highest BCUT2D eigenvalue weighted by Gasteiger charge is 2.32. The highest BCUT2D eigenvalue weighted by Crippen LogP contribution is 2.31. The van der Waals surface area contributed by atoms with Crippen LogP contribution >= 0.6 is 23.1 Å². The molecular formula is C21H29N3O2S2. The predicted octanol–water partition coefficient (Wildman–Crippen LogP) is 4.48. The van der Waals surface area contributed by atoms with E-state index in [4.69, 9.17) is 0 Å². The van der Waals surface area contributed by atoms with Gasteiger partial charge in [-0.1, -0.05) is 38.5 Å². The summed E-state index contributed by atoms with van der Waals surface area (Å²) in [5.74, 6) is 1.38. The van der Waals surface area contributed by atoms with Crippen LogP contribution in [0.1, 0.15) is 69.9 Å². The molecule has 7 heteroatoms. The van der Waals surface area contributed by atoms with E-state index in [1.165, 1.54) is 75.5 Å². The molecule has 0 saturated heterocycles. The first kappa shape index (κ1) is 20.0. The summed E-state index contributed by atoms with van der Waals surface area (Å²) in [5.41, 5.74) is 0.728. The maximum Gasteiger partial charge on any atom is 0.258 e. The molecule has 2 fully saturated rings. The molecule has 2 aromatic rings. The first-order valence-corrected chi connectivity index (χ1v) is 12.6. The molecule has 0 atom stereocenters. The lowest BCUT2D eigenvalue weighted by Gasteiger charge is -2.41. The Hall–Kier alpha value is -1.34. The summed E-state index contributed by atoms with van der Waals surface area (Å²) < 4.78 is 1.57. The van der Waals surface area contributed by atoms with E-state index >= 15 is 0 Å². The average molecular weight is 420 g/mol. The molecule has 1 amide bonds. The second kappa shape index (κ2) is 9.44. The van der Waals surface area contributed by atoms with Crippen molar-refractivity contribution in [3.63, 3.8) is 0 Å². The molecule has 0 aromatic carbocycles. The molecule has 152 valence electrons. The van der Waals surface area contributed by atoms with E-state index in [0.717, 1.165) is 10.7 Å². The van der Waals surface area contributed by atoms with Crippen LogP contribution in [0.5, 0.6) is 0 Å². The fourth-order valence-corrected chi connectivity index (χ4v) is 6.22. The molecule has 0 radical (unpaired) electrons. The van der Waals surface area contributed by atoms with Gasteiger partial charge in [-0.3, -0.25) is 14.0 Å². The van der Waals surface area contributed by atoms with Crippen LogP contribution in [0.2, 0.25) is 0 Å². The third kappa shape index (κ3) is 4.62. The average Bonchev–Trinajstić information content (AvgIpc) is 3.19. The zero-order valence-corrected chi connectivity index (χ0v) is 18.0. The first-order valence-electron chi connectivity index (χ1n) is 10.6. The van der Waals surface area contributed by atoms with Crippen LogP contribution in [0.4, 0.5) is 0 Å². The standard InChI is InChI=1S/C21H29N3O2S2/c25-19-13-16(22-21-23(19)11-12-28-21)14-27-15-20(26)24(17-7-3-1-4-8-17)18-9-5-2-6-10-18/h11-13,17-18H,1-10,14-15H2. The lowest BCUT2D eigenvalue weighted by molar-refractivity contribution is -0.135. The number of hydrogen-bond acceptors (Lipinski definition) is 5. The summed E-state index contributed by atoms with van der Waals surface area (Å²) >= 11 is 3.06. The Morgan fingerprint density at radius 1 is 1.11 bits per heavy atom. The van der Waals surface area contributed by atoms with Gasteiger partial charge >= 0.3 is 0 Å². The monoisotopic (exact) mass is 419 g/mol. The van der Waals surface area contributed by atoms with Gasteiger partial charge in [0, 0.05) is 35.5 Å². The van der Waals surface area contributed by atoms with Crippen molar-refractivity contribution in [3.8, 4) is 0 Å². The summed E-state index contributed by atoms with van der Waals surface area (Å²) in [6.07, 6.45) is 14.1. The highest BCUT2D eigenvalue weighted by molar-refractivity contribution is 7.99. The van der Waals surface area contributed by atoms with Crippen LogP contribution in [0.3, 0.4) is 0 Å². The van der Waals surface area contributed by atoms with Gasteiger partial charge in [0.2, 0.25) is 5.91 Å². The molecule has 2 saturated carbocycles. The Morgan fingerprint density at radius 2 is 1.75 bits per heavy atom. The Kier molecular flexibility index (Phi) is 6.73. The third-order valence-electron chi connectivity index (χ3n) is 6.06. The molecule has 0 bridgehead atoms. The minimum atomic E-state index is -0.0424. The molecule has 4 rings (SSSR count). The number of aromatic nitrogens is 2. The molecule has 5 nitrogen and oxygen atoms in total. The van der Waals surface area contributed by atoms with Crippen molar-refractivity contribution < 1.29 is 4.79 Å². The zero-order valence-electron chi connectivity index (χ0n) is 16.3. The molecule has 0 spiro atoms. The number of amides is 1. The van der Waals surface area contributed by atoms with Crippen molar-refractivity contribution in [2.45, 2.75) is 82.0 Å². The lowest BCUT2D eigenvalue weighted by atomic mass is 9.88. The van der Waals surface area contributed by atoms with E-state index in [2.05, 4.69) is 9.88 Å². The van der Waals surface area contributed by atoms with Gasteiger partial charge in [-0.2, -0.15) is 0 Å². The van der Waals surface area contributed by atoms with E-state index in [-0.39, 0.29) is 11.5 Å². The van der Waals surface area contributed by atoms with E-state index in [9.17, 15) is 9.59 Å². The van der Waals surface area contributed by atoms with Gasteiger partial charge in [-0.15, -0.1) is 23.1 Å². The van der Waals surface area contributed by atoms with E-state index < -0.39 is 0 Å². The summed E-state index contributed by atoms with van der Waals surface area (Å²) in [6.45, 7) is 0. The second-order valence-electron chi connectivity index (χ2n) is 8.02. The minimum absolute atomic E-state index is 0.0424. The fraction of sp³-hybridized carbons (Fsp3) is 0.667. The molecule has 2 aliphatic carbocycles. The van der Waals surface area contributed by atoms with Gasteiger partial charge in [-0.25, -0.2) is 4.98 Å². The zero-order chi connectivity index (χ0) is 19.3. The Morgan fingerprint density at radius 3 is 2.39 bits per heavy atom. The second-order valence-corrected chi connectivity index (χ2v) is 9.88. The summed E-state index contributed by atoms with van der Waals surface area (Å²) in [6, 6.07) is 2.47. The summed E-state index contributed by atoms with van der Waals surface area (Å²) in [5, 5.41) is 1.87. The van der Waals surface area contributed by atoms with Crippen molar-refractivity contribution in [2.24, 2.45) is 0 Å². The molecular weight excluding hydrogens is 390 g/mol. The van der Waals surface area contributed by atoms with Gasteiger partial charge in [-0.05, 0) is 25.7 Å². The number of nitrogens with zero attached hydrogens (tertiary/aromatic N) is 3. The number of carbonyl (C=O) groups excluding carboxylic acids is 1. The topological polar surface area (TPSA) is 54.7 Å². The number of hydrogen-bond donors (Lipinski definition) is 0. The van der Waals surface area contributed by atoms with E-state index in [1.54, 1.807) is 28.4 Å². The molecule has 2 heterocycles. The van der Waals surface area contributed by atoms with Crippen molar-refractivity contribution in [1.82, 2.24) is 14.3 Å².